The quantitative estimate of drug-likeness (QED) is 0.418. The average molecular weight is 360 g/mol. The molecule has 24 heavy (non-hydrogen) atoms. The standard InChI is InChI=1S/C10H18N2O2S.C7H15NO/c1-10(2,3)12-6-8(13)7-14-9-11-4-5-15-9;1-2-3-4-5-6-8-7-9/h4-5,8,12-13H,6-7H2,1-3H3;7H,2-6H2,1H3,(H,8,9). The highest BCUT2D eigenvalue weighted by atomic mass is 32.1. The van der Waals surface area contributed by atoms with Gasteiger partial charge in [-0.25, -0.2) is 4.98 Å². The van der Waals surface area contributed by atoms with Crippen LogP contribution in [-0.4, -0.2) is 47.8 Å². The van der Waals surface area contributed by atoms with Crippen LogP contribution >= 0.6 is 11.3 Å². The summed E-state index contributed by atoms with van der Waals surface area (Å²) in [6, 6.07) is 0. The Kier molecular flexibility index (Phi) is 13.5. The minimum Gasteiger partial charge on any atom is -0.467 e. The number of aliphatic hydroxyl groups is 1. The number of thiazole rings is 1. The molecule has 0 aliphatic carbocycles. The van der Waals surface area contributed by atoms with Gasteiger partial charge in [0.05, 0.1) is 0 Å². The number of rotatable bonds is 11. The number of carbonyl (C=O) groups is 1. The summed E-state index contributed by atoms with van der Waals surface area (Å²) in [5.41, 5.74) is 0.0160. The Balaban J connectivity index is 0.000000506. The van der Waals surface area contributed by atoms with Gasteiger partial charge < -0.3 is 20.5 Å². The van der Waals surface area contributed by atoms with Crippen LogP contribution in [0.3, 0.4) is 0 Å². The molecular formula is C17H33N3O3S. The van der Waals surface area contributed by atoms with Crippen molar-refractivity contribution >= 4 is 17.7 Å². The highest BCUT2D eigenvalue weighted by Gasteiger charge is 2.12. The summed E-state index contributed by atoms with van der Waals surface area (Å²) < 4.78 is 5.29. The predicted molar refractivity (Wildman–Crippen MR) is 99.6 cm³/mol. The van der Waals surface area contributed by atoms with Gasteiger partial charge in [-0.1, -0.05) is 37.5 Å². The average Bonchev–Trinajstić information content (AvgIpc) is 3.04. The van der Waals surface area contributed by atoms with Gasteiger partial charge in [-0.3, -0.25) is 4.79 Å². The number of aromatic nitrogens is 1. The topological polar surface area (TPSA) is 83.5 Å². The van der Waals surface area contributed by atoms with E-state index in [0.29, 0.717) is 11.7 Å². The van der Waals surface area contributed by atoms with E-state index in [4.69, 9.17) is 4.74 Å². The van der Waals surface area contributed by atoms with Crippen molar-refractivity contribution < 1.29 is 14.6 Å². The van der Waals surface area contributed by atoms with Crippen LogP contribution in [0.1, 0.15) is 53.4 Å². The van der Waals surface area contributed by atoms with E-state index in [1.807, 2.05) is 5.38 Å². The fourth-order valence-electron chi connectivity index (χ4n) is 1.64. The Labute approximate surface area is 150 Å². The molecule has 0 fully saturated rings. The lowest BCUT2D eigenvalue weighted by atomic mass is 10.1. The second kappa shape index (κ2) is 14.2. The number of nitrogens with one attached hydrogen (secondary N) is 2. The zero-order valence-electron chi connectivity index (χ0n) is 15.4. The van der Waals surface area contributed by atoms with E-state index in [0.717, 1.165) is 19.4 Å². The molecule has 0 spiro atoms. The Morgan fingerprint density at radius 3 is 2.67 bits per heavy atom. The molecule has 1 amide bonds. The molecule has 7 heteroatoms. The maximum absolute atomic E-state index is 9.73. The van der Waals surface area contributed by atoms with Gasteiger partial charge in [0.25, 0.3) is 5.19 Å². The fourth-order valence-corrected chi connectivity index (χ4v) is 2.14. The van der Waals surface area contributed by atoms with Crippen LogP contribution in [0, 0.1) is 0 Å². The van der Waals surface area contributed by atoms with Crippen molar-refractivity contribution in [3.63, 3.8) is 0 Å². The van der Waals surface area contributed by atoms with Crippen LogP contribution in [-0.2, 0) is 4.79 Å². The summed E-state index contributed by atoms with van der Waals surface area (Å²) in [5.74, 6) is 0. The smallest absolute Gasteiger partial charge is 0.273 e. The summed E-state index contributed by atoms with van der Waals surface area (Å²) in [4.78, 5) is 13.7. The number of amides is 1. The van der Waals surface area contributed by atoms with Crippen molar-refractivity contribution in [2.75, 3.05) is 19.7 Å². The third-order valence-electron chi connectivity index (χ3n) is 2.93. The Bertz CT molecular complexity index is 394. The van der Waals surface area contributed by atoms with Crippen molar-refractivity contribution in [1.82, 2.24) is 15.6 Å². The zero-order chi connectivity index (χ0) is 18.3. The summed E-state index contributed by atoms with van der Waals surface area (Å²) in [6.07, 6.45) is 6.81. The molecule has 0 aliphatic heterocycles. The molecule has 1 rings (SSSR count). The van der Waals surface area contributed by atoms with Gasteiger partial charge in [0.2, 0.25) is 6.41 Å². The van der Waals surface area contributed by atoms with Gasteiger partial charge in [0.1, 0.15) is 12.7 Å². The molecule has 1 aromatic rings. The third-order valence-corrected chi connectivity index (χ3v) is 3.62. The van der Waals surface area contributed by atoms with Crippen molar-refractivity contribution in [3.05, 3.63) is 11.6 Å². The molecule has 6 nitrogen and oxygen atoms in total. The van der Waals surface area contributed by atoms with E-state index in [1.54, 1.807) is 6.20 Å². The molecule has 1 aromatic heterocycles. The number of unbranched alkanes of at least 4 members (excludes halogenated alkanes) is 3. The number of aliphatic hydroxyl groups excluding tert-OH is 1. The van der Waals surface area contributed by atoms with Crippen molar-refractivity contribution in [2.24, 2.45) is 0 Å². The minimum absolute atomic E-state index is 0.0160. The minimum atomic E-state index is -0.506. The van der Waals surface area contributed by atoms with E-state index in [2.05, 4.69) is 43.3 Å². The Morgan fingerprint density at radius 2 is 2.12 bits per heavy atom. The molecule has 3 N–H and O–H groups in total. The number of hydrogen-bond donors (Lipinski definition) is 3. The first-order chi connectivity index (χ1) is 11.4. The third kappa shape index (κ3) is 15.7. The molecule has 1 unspecified atom stereocenters. The van der Waals surface area contributed by atoms with Crippen LogP contribution in [0.25, 0.3) is 0 Å². The van der Waals surface area contributed by atoms with E-state index in [1.165, 1.54) is 30.6 Å². The SMILES string of the molecule is CC(C)(C)NCC(O)COc1nccs1.CCCCCCNC=O. The molecule has 0 aromatic carbocycles. The molecule has 0 bridgehead atoms. The van der Waals surface area contributed by atoms with Gasteiger partial charge in [-0.2, -0.15) is 0 Å². The van der Waals surface area contributed by atoms with E-state index in [-0.39, 0.29) is 12.1 Å². The number of nitrogens with zero attached hydrogens (tertiary/aromatic N) is 1. The van der Waals surface area contributed by atoms with Crippen LogP contribution < -0.4 is 15.4 Å². The maximum Gasteiger partial charge on any atom is 0.273 e. The van der Waals surface area contributed by atoms with Crippen molar-refractivity contribution in [2.45, 2.75) is 65.0 Å². The highest BCUT2D eigenvalue weighted by molar-refractivity contribution is 7.11. The van der Waals surface area contributed by atoms with Crippen LogP contribution in [0.5, 0.6) is 5.19 Å². The second-order valence-corrected chi connectivity index (χ2v) is 7.38. The molecule has 0 aliphatic rings. The first kappa shape index (κ1) is 22.8. The van der Waals surface area contributed by atoms with Gasteiger partial charge in [-0.15, -0.1) is 0 Å². The summed E-state index contributed by atoms with van der Waals surface area (Å²) in [5, 5.41) is 17.9. The van der Waals surface area contributed by atoms with E-state index in [9.17, 15) is 9.90 Å². The van der Waals surface area contributed by atoms with E-state index < -0.39 is 6.10 Å². The molecule has 140 valence electrons. The van der Waals surface area contributed by atoms with Crippen LogP contribution in [0.4, 0.5) is 0 Å². The zero-order valence-corrected chi connectivity index (χ0v) is 16.2. The summed E-state index contributed by atoms with van der Waals surface area (Å²) >= 11 is 1.42. The summed E-state index contributed by atoms with van der Waals surface area (Å²) in [7, 11) is 0. The number of ether oxygens (including phenoxy) is 1. The monoisotopic (exact) mass is 359 g/mol. The lowest BCUT2D eigenvalue weighted by Crippen LogP contribution is -2.42. The first-order valence-electron chi connectivity index (χ1n) is 8.51. The van der Waals surface area contributed by atoms with Crippen LogP contribution in [0.2, 0.25) is 0 Å². The molecule has 0 saturated heterocycles. The lowest BCUT2D eigenvalue weighted by molar-refractivity contribution is -0.109. The molecule has 0 radical (unpaired) electrons. The van der Waals surface area contributed by atoms with E-state index >= 15 is 0 Å². The van der Waals surface area contributed by atoms with Crippen LogP contribution in [0.15, 0.2) is 11.6 Å². The number of carbonyl (C=O) groups excluding carboxylic acids is 1. The fraction of sp³-hybridized carbons (Fsp3) is 0.765. The largest absolute Gasteiger partial charge is 0.467 e. The van der Waals surface area contributed by atoms with Gasteiger partial charge >= 0.3 is 0 Å². The predicted octanol–water partition coefficient (Wildman–Crippen LogP) is 2.58. The Morgan fingerprint density at radius 1 is 1.38 bits per heavy atom. The summed E-state index contributed by atoms with van der Waals surface area (Å²) in [6.45, 7) is 9.98. The Hall–Kier alpha value is -1.18. The van der Waals surface area contributed by atoms with Gasteiger partial charge in [-0.05, 0) is 27.2 Å². The van der Waals surface area contributed by atoms with Crippen molar-refractivity contribution in [3.8, 4) is 5.19 Å². The second-order valence-electron chi connectivity index (χ2n) is 6.53. The number of β-amino-alcohol motifs (C(OH)–C–C–N with tert-alkyl or cyclic N) is 1. The number of hydrogen-bond acceptors (Lipinski definition) is 6. The van der Waals surface area contributed by atoms with Gasteiger partial charge in [0.15, 0.2) is 0 Å². The molecule has 1 heterocycles. The lowest BCUT2D eigenvalue weighted by Gasteiger charge is -2.22. The normalized spacial score (nSPS) is 12.0. The molecule has 0 saturated carbocycles. The van der Waals surface area contributed by atoms with Crippen molar-refractivity contribution in [1.29, 1.82) is 0 Å². The molecule has 1 atom stereocenters. The molecular weight excluding hydrogens is 326 g/mol. The first-order valence-corrected chi connectivity index (χ1v) is 9.39. The highest BCUT2D eigenvalue weighted by Crippen LogP contribution is 2.13. The maximum atomic E-state index is 9.73. The van der Waals surface area contributed by atoms with Gasteiger partial charge in [0, 0.05) is 30.2 Å².